The van der Waals surface area contributed by atoms with Crippen molar-refractivity contribution in [1.82, 2.24) is 14.8 Å². The molecule has 1 saturated carbocycles. The Balaban J connectivity index is 1.89. The molecule has 3 rings (SSSR count). The maximum atomic E-state index is 13.0. The molecule has 2 heterocycles. The number of anilines is 1. The molecular formula is C16H18N4O4S. The summed E-state index contributed by atoms with van der Waals surface area (Å²) < 4.78 is 1.34. The van der Waals surface area contributed by atoms with Gasteiger partial charge in [0, 0.05) is 19.2 Å². The first kappa shape index (κ1) is 17.3. The topological polar surface area (TPSA) is 105 Å². The molecule has 0 bridgehead atoms. The highest BCUT2D eigenvalue weighted by Crippen LogP contribution is 2.37. The van der Waals surface area contributed by atoms with Crippen molar-refractivity contribution < 1.29 is 19.5 Å². The van der Waals surface area contributed by atoms with Gasteiger partial charge in [0.15, 0.2) is 10.9 Å². The van der Waals surface area contributed by atoms with E-state index in [1.54, 1.807) is 18.7 Å². The monoisotopic (exact) mass is 362 g/mol. The van der Waals surface area contributed by atoms with E-state index in [0.29, 0.717) is 15.7 Å². The van der Waals surface area contributed by atoms with Gasteiger partial charge >= 0.3 is 5.97 Å². The molecule has 1 atom stereocenters. The molecule has 1 aliphatic carbocycles. The fourth-order valence-electron chi connectivity index (χ4n) is 2.55. The predicted octanol–water partition coefficient (Wildman–Crippen LogP) is 2.31. The maximum Gasteiger partial charge on any atom is 0.338 e. The molecule has 1 unspecified atom stereocenters. The summed E-state index contributed by atoms with van der Waals surface area (Å²) >= 11 is 1.22. The summed E-state index contributed by atoms with van der Waals surface area (Å²) in [6.45, 7) is 4.90. The first-order valence-electron chi connectivity index (χ1n) is 7.88. The quantitative estimate of drug-likeness (QED) is 0.791. The van der Waals surface area contributed by atoms with Crippen LogP contribution in [0.4, 0.5) is 5.13 Å². The van der Waals surface area contributed by atoms with Crippen molar-refractivity contribution in [2.24, 2.45) is 0 Å². The number of amides is 1. The summed E-state index contributed by atoms with van der Waals surface area (Å²) in [4.78, 5) is 42.2. The zero-order chi connectivity index (χ0) is 18.3. The molecule has 8 nitrogen and oxygen atoms in total. The van der Waals surface area contributed by atoms with Crippen molar-refractivity contribution in [1.29, 1.82) is 0 Å². The summed E-state index contributed by atoms with van der Waals surface area (Å²) in [5, 5.41) is 13.5. The second kappa shape index (κ2) is 6.40. The molecule has 0 aliphatic heterocycles. The van der Waals surface area contributed by atoms with Crippen LogP contribution in [0.25, 0.3) is 0 Å². The summed E-state index contributed by atoms with van der Waals surface area (Å²) in [5.74, 6) is -1.38. The highest BCUT2D eigenvalue weighted by Gasteiger charge is 2.38. The number of aromatic nitrogens is 3. The number of carboxylic acid groups (broad SMARTS) is 1. The van der Waals surface area contributed by atoms with Crippen molar-refractivity contribution in [2.45, 2.75) is 45.7 Å². The lowest BCUT2D eigenvalue weighted by atomic mass is 10.3. The summed E-state index contributed by atoms with van der Waals surface area (Å²) in [5.41, 5.74) is 0.646. The Morgan fingerprint density at radius 1 is 1.40 bits per heavy atom. The Hall–Kier alpha value is -2.55. The van der Waals surface area contributed by atoms with Crippen molar-refractivity contribution in [3.8, 4) is 0 Å². The number of ketones is 1. The molecule has 1 fully saturated rings. The summed E-state index contributed by atoms with van der Waals surface area (Å²) in [6.07, 6.45) is 4.32. The van der Waals surface area contributed by atoms with Gasteiger partial charge in [0.05, 0.1) is 22.3 Å². The Labute approximate surface area is 148 Å². The molecule has 2 aromatic heterocycles. The van der Waals surface area contributed by atoms with Crippen LogP contribution in [0.1, 0.15) is 58.5 Å². The number of hydrogen-bond donors (Lipinski definition) is 1. The van der Waals surface area contributed by atoms with Crippen LogP contribution >= 0.6 is 11.3 Å². The van der Waals surface area contributed by atoms with Gasteiger partial charge in [0.25, 0.3) is 5.91 Å². The van der Waals surface area contributed by atoms with E-state index in [-0.39, 0.29) is 23.3 Å². The summed E-state index contributed by atoms with van der Waals surface area (Å²) in [6, 6.07) is -0.603. The van der Waals surface area contributed by atoms with Crippen molar-refractivity contribution in [2.75, 3.05) is 4.90 Å². The van der Waals surface area contributed by atoms with Gasteiger partial charge in [-0.15, -0.1) is 0 Å². The fourth-order valence-corrected chi connectivity index (χ4v) is 3.59. The van der Waals surface area contributed by atoms with E-state index >= 15 is 0 Å². The normalized spacial score (nSPS) is 15.0. The molecule has 25 heavy (non-hydrogen) atoms. The van der Waals surface area contributed by atoms with Gasteiger partial charge in [0.1, 0.15) is 6.04 Å². The third-order valence-electron chi connectivity index (χ3n) is 4.06. The Morgan fingerprint density at radius 3 is 2.56 bits per heavy atom. The third-order valence-corrected chi connectivity index (χ3v) is 5.32. The van der Waals surface area contributed by atoms with Crippen LogP contribution in [-0.2, 0) is 4.79 Å². The lowest BCUT2D eigenvalue weighted by Gasteiger charge is -2.23. The van der Waals surface area contributed by atoms with Crippen molar-refractivity contribution in [3.05, 3.63) is 28.5 Å². The number of hydrogen-bond acceptors (Lipinski definition) is 6. The fraction of sp³-hybridized carbons (Fsp3) is 0.438. The number of nitrogens with zero attached hydrogens (tertiary/aromatic N) is 4. The molecule has 0 radical (unpaired) electrons. The van der Waals surface area contributed by atoms with E-state index in [4.69, 9.17) is 5.11 Å². The smallest absolute Gasteiger partial charge is 0.338 e. The van der Waals surface area contributed by atoms with Gasteiger partial charge in [-0.05, 0) is 26.7 Å². The minimum atomic E-state index is -1.09. The van der Waals surface area contributed by atoms with Crippen LogP contribution in [0.5, 0.6) is 0 Å². The van der Waals surface area contributed by atoms with Crippen LogP contribution < -0.4 is 4.90 Å². The molecule has 0 saturated heterocycles. The van der Waals surface area contributed by atoms with E-state index < -0.39 is 12.0 Å². The standard InChI is InChI=1S/C16H18N4O4S/c1-8-13(10(3)21)25-16(18-8)20(12-4-5-12)14(22)9(2)19-7-11(6-17-19)15(23)24/h6-7,9,12H,4-5H2,1-3H3,(H,23,24). The first-order valence-corrected chi connectivity index (χ1v) is 8.70. The van der Waals surface area contributed by atoms with E-state index in [2.05, 4.69) is 10.1 Å². The molecular weight excluding hydrogens is 344 g/mol. The minimum absolute atomic E-state index is 0.0292. The number of aryl methyl sites for hydroxylation is 1. The van der Waals surface area contributed by atoms with Gasteiger partial charge in [-0.25, -0.2) is 9.78 Å². The van der Waals surface area contributed by atoms with Crippen LogP contribution in [0.15, 0.2) is 12.4 Å². The van der Waals surface area contributed by atoms with Crippen molar-refractivity contribution >= 4 is 34.1 Å². The average molecular weight is 362 g/mol. The van der Waals surface area contributed by atoms with Gasteiger partial charge < -0.3 is 5.11 Å². The SMILES string of the molecule is CC(=O)c1sc(N(C(=O)C(C)n2cc(C(=O)O)cn2)C2CC2)nc1C. The zero-order valence-corrected chi connectivity index (χ0v) is 14.9. The highest BCUT2D eigenvalue weighted by molar-refractivity contribution is 7.17. The first-order chi connectivity index (χ1) is 11.8. The predicted molar refractivity (Wildman–Crippen MR) is 91.3 cm³/mol. The van der Waals surface area contributed by atoms with Crippen LogP contribution in [0.2, 0.25) is 0 Å². The number of thiazole rings is 1. The van der Waals surface area contributed by atoms with Gasteiger partial charge in [-0.1, -0.05) is 11.3 Å². The van der Waals surface area contributed by atoms with E-state index in [0.717, 1.165) is 12.8 Å². The van der Waals surface area contributed by atoms with Crippen molar-refractivity contribution in [3.63, 3.8) is 0 Å². The van der Waals surface area contributed by atoms with Gasteiger partial charge in [-0.2, -0.15) is 5.10 Å². The zero-order valence-electron chi connectivity index (χ0n) is 14.1. The Morgan fingerprint density at radius 2 is 2.08 bits per heavy atom. The number of carboxylic acids is 1. The molecule has 1 N–H and O–H groups in total. The maximum absolute atomic E-state index is 13.0. The van der Waals surface area contributed by atoms with E-state index in [1.807, 2.05) is 0 Å². The molecule has 132 valence electrons. The van der Waals surface area contributed by atoms with Gasteiger partial charge in [-0.3, -0.25) is 19.2 Å². The van der Waals surface area contributed by atoms with Crippen LogP contribution in [0.3, 0.4) is 0 Å². The van der Waals surface area contributed by atoms with Crippen LogP contribution in [-0.4, -0.2) is 43.6 Å². The minimum Gasteiger partial charge on any atom is -0.478 e. The number of carbonyl (C=O) groups excluding carboxylic acids is 2. The second-order valence-electron chi connectivity index (χ2n) is 6.10. The molecule has 1 aliphatic rings. The Kier molecular flexibility index (Phi) is 4.42. The summed E-state index contributed by atoms with van der Waals surface area (Å²) in [7, 11) is 0. The number of aromatic carboxylic acids is 1. The third kappa shape index (κ3) is 3.32. The lowest BCUT2D eigenvalue weighted by Crippen LogP contribution is -2.38. The van der Waals surface area contributed by atoms with E-state index in [9.17, 15) is 14.4 Å². The molecule has 0 spiro atoms. The lowest BCUT2D eigenvalue weighted by molar-refractivity contribution is -0.121. The van der Waals surface area contributed by atoms with Crippen LogP contribution in [0, 0.1) is 6.92 Å². The highest BCUT2D eigenvalue weighted by atomic mass is 32.1. The number of Topliss-reactive ketones (excluding diaryl/α,β-unsaturated/α-hetero) is 1. The Bertz CT molecular complexity index is 852. The molecule has 0 aromatic carbocycles. The second-order valence-corrected chi connectivity index (χ2v) is 7.07. The number of rotatable bonds is 6. The van der Waals surface area contributed by atoms with Gasteiger partial charge in [0.2, 0.25) is 0 Å². The number of carbonyl (C=O) groups is 3. The largest absolute Gasteiger partial charge is 0.478 e. The molecule has 2 aromatic rings. The average Bonchev–Trinajstić information content (AvgIpc) is 3.10. The molecule has 1 amide bonds. The van der Waals surface area contributed by atoms with E-state index in [1.165, 1.54) is 35.3 Å². The molecule has 9 heteroatoms.